The number of fused-ring (bicyclic) bond motifs is 1. The van der Waals surface area contributed by atoms with Gasteiger partial charge in [-0.15, -0.1) is 26.3 Å². The van der Waals surface area contributed by atoms with Gasteiger partial charge in [-0.25, -0.2) is 0 Å². The molecule has 2 bridgehead atoms. The maximum absolute atomic E-state index is 12.2. The molecule has 0 saturated heterocycles. The summed E-state index contributed by atoms with van der Waals surface area (Å²) < 4.78 is 91.1. The zero-order chi connectivity index (χ0) is 24.7. The van der Waals surface area contributed by atoms with Crippen molar-refractivity contribution in [2.75, 3.05) is 13.2 Å². The van der Waals surface area contributed by atoms with E-state index in [1.807, 2.05) is 0 Å². The zero-order valence-corrected chi connectivity index (χ0v) is 18.0. The highest BCUT2D eigenvalue weighted by molar-refractivity contribution is 5.79. The number of hydrogen-bond acceptors (Lipinski definition) is 6. The fourth-order valence-corrected chi connectivity index (χ4v) is 5.15. The Morgan fingerprint density at radius 3 is 1.68 bits per heavy atom. The van der Waals surface area contributed by atoms with Gasteiger partial charge < -0.3 is 20.1 Å². The maximum Gasteiger partial charge on any atom is 0.522 e. The lowest BCUT2D eigenvalue weighted by Crippen LogP contribution is -2.53. The molecule has 14 heteroatoms. The van der Waals surface area contributed by atoms with E-state index in [0.29, 0.717) is 19.3 Å². The normalized spacial score (nSPS) is 36.8. The smallest absolute Gasteiger partial charge is 0.368 e. The van der Waals surface area contributed by atoms with E-state index in [-0.39, 0.29) is 62.7 Å². The maximum atomic E-state index is 12.2. The lowest BCUT2D eigenvalue weighted by Gasteiger charge is -2.39. The number of alkyl halides is 6. The van der Waals surface area contributed by atoms with Crippen LogP contribution in [0.3, 0.4) is 0 Å². The molecule has 0 spiro atoms. The molecule has 0 aliphatic heterocycles. The first-order valence-electron chi connectivity index (χ1n) is 11.1. The Hall–Kier alpha value is -1.64. The third kappa shape index (κ3) is 6.73. The quantitative estimate of drug-likeness (QED) is 0.444. The number of carbonyl (C=O) groups excluding carboxylic acids is 2. The van der Waals surface area contributed by atoms with E-state index < -0.39 is 42.7 Å². The van der Waals surface area contributed by atoms with Crippen LogP contribution in [-0.2, 0) is 28.5 Å². The van der Waals surface area contributed by atoms with Crippen molar-refractivity contribution in [3.63, 3.8) is 0 Å². The summed E-state index contributed by atoms with van der Waals surface area (Å²) in [5, 5.41) is 5.76. The van der Waals surface area contributed by atoms with Crippen LogP contribution in [0.25, 0.3) is 0 Å². The molecule has 5 aliphatic rings. The van der Waals surface area contributed by atoms with Gasteiger partial charge in [0.05, 0.1) is 24.4 Å². The van der Waals surface area contributed by atoms with Crippen LogP contribution in [0.4, 0.5) is 26.3 Å². The van der Waals surface area contributed by atoms with Crippen LogP contribution >= 0.6 is 0 Å². The molecule has 5 aliphatic carbocycles. The van der Waals surface area contributed by atoms with Gasteiger partial charge in [0, 0.05) is 37.3 Å². The Balaban J connectivity index is 1.07. The standard InChI is InChI=1S/C20H26F6N2O6/c21-19(22,23)33-13-1-11(2-13)31-8-16(29)27-15-7-18(5-10(15)6-18)28-17(30)9-32-12-3-14(4-12)34-20(24,25)26/h10-15H,1-9H2,(H,27,29)(H,28,30)/t10?,11?,12-,13?,14-,15?,18?. The number of halogens is 6. The van der Waals surface area contributed by atoms with E-state index in [4.69, 9.17) is 9.47 Å². The SMILES string of the molecule is O=C(COC1CC(OC(F)(F)F)C1)NC1CC2(NC(=O)CO[C@H]3C[C@H](OC(F)(F)F)C3)CC1C2. The van der Waals surface area contributed by atoms with Gasteiger partial charge in [0.1, 0.15) is 13.2 Å². The average molecular weight is 504 g/mol. The zero-order valence-electron chi connectivity index (χ0n) is 18.0. The van der Waals surface area contributed by atoms with Crippen LogP contribution in [0.15, 0.2) is 0 Å². The third-order valence-electron chi connectivity index (χ3n) is 6.84. The van der Waals surface area contributed by atoms with Gasteiger partial charge in [-0.05, 0) is 25.2 Å². The summed E-state index contributed by atoms with van der Waals surface area (Å²) >= 11 is 0. The van der Waals surface area contributed by atoms with Crippen LogP contribution in [0.1, 0.15) is 44.9 Å². The number of hydrogen-bond donors (Lipinski definition) is 2. The van der Waals surface area contributed by atoms with Gasteiger partial charge in [-0.3, -0.25) is 19.1 Å². The Bertz CT molecular complexity index is 760. The molecule has 5 fully saturated rings. The summed E-state index contributed by atoms with van der Waals surface area (Å²) in [4.78, 5) is 24.3. The molecule has 194 valence electrons. The number of carbonyl (C=O) groups is 2. The van der Waals surface area contributed by atoms with Crippen molar-refractivity contribution in [1.29, 1.82) is 0 Å². The summed E-state index contributed by atoms with van der Waals surface area (Å²) in [6.07, 6.45) is -9.94. The highest BCUT2D eigenvalue weighted by Gasteiger charge is 2.57. The van der Waals surface area contributed by atoms with E-state index in [0.717, 1.165) is 0 Å². The van der Waals surface area contributed by atoms with Crippen LogP contribution in [0.2, 0.25) is 0 Å². The van der Waals surface area contributed by atoms with E-state index >= 15 is 0 Å². The molecular weight excluding hydrogens is 478 g/mol. The lowest BCUT2D eigenvalue weighted by molar-refractivity contribution is -0.358. The second-order valence-corrected chi connectivity index (χ2v) is 9.56. The van der Waals surface area contributed by atoms with Crippen LogP contribution < -0.4 is 10.6 Å². The van der Waals surface area contributed by atoms with E-state index in [9.17, 15) is 35.9 Å². The van der Waals surface area contributed by atoms with Crippen LogP contribution in [0.5, 0.6) is 0 Å². The lowest BCUT2D eigenvalue weighted by atomic mass is 9.76. The molecule has 34 heavy (non-hydrogen) atoms. The fraction of sp³-hybridized carbons (Fsp3) is 0.900. The summed E-state index contributed by atoms with van der Waals surface area (Å²) in [6, 6.07) is -0.146. The predicted octanol–water partition coefficient (Wildman–Crippen LogP) is 2.31. The predicted molar refractivity (Wildman–Crippen MR) is 99.9 cm³/mol. The molecule has 2 N–H and O–H groups in total. The molecule has 5 rings (SSSR count). The van der Waals surface area contributed by atoms with Gasteiger partial charge in [0.2, 0.25) is 11.8 Å². The minimum Gasteiger partial charge on any atom is -0.368 e. The van der Waals surface area contributed by atoms with Gasteiger partial charge >= 0.3 is 12.7 Å². The summed E-state index contributed by atoms with van der Waals surface area (Å²) in [7, 11) is 0. The van der Waals surface area contributed by atoms with E-state index in [1.165, 1.54) is 0 Å². The van der Waals surface area contributed by atoms with Crippen molar-refractivity contribution in [1.82, 2.24) is 10.6 Å². The highest BCUT2D eigenvalue weighted by atomic mass is 19.4. The van der Waals surface area contributed by atoms with Gasteiger partial charge in [-0.1, -0.05) is 0 Å². The Morgan fingerprint density at radius 1 is 0.735 bits per heavy atom. The van der Waals surface area contributed by atoms with Crippen molar-refractivity contribution in [2.24, 2.45) is 5.92 Å². The number of amides is 2. The third-order valence-corrected chi connectivity index (χ3v) is 6.84. The molecule has 0 aromatic carbocycles. The van der Waals surface area contributed by atoms with Gasteiger partial charge in [-0.2, -0.15) is 0 Å². The molecule has 0 heterocycles. The second-order valence-electron chi connectivity index (χ2n) is 9.56. The van der Waals surface area contributed by atoms with Crippen molar-refractivity contribution in [3.8, 4) is 0 Å². The molecule has 5 saturated carbocycles. The topological polar surface area (TPSA) is 95.1 Å². The van der Waals surface area contributed by atoms with Gasteiger partial charge in [0.25, 0.3) is 0 Å². The minimum atomic E-state index is -4.68. The van der Waals surface area contributed by atoms with Gasteiger partial charge in [0.15, 0.2) is 0 Å². The molecule has 2 amide bonds. The monoisotopic (exact) mass is 504 g/mol. The highest BCUT2D eigenvalue weighted by Crippen LogP contribution is 2.52. The second kappa shape index (κ2) is 9.43. The van der Waals surface area contributed by atoms with Crippen molar-refractivity contribution >= 4 is 11.8 Å². The first kappa shape index (κ1) is 25.5. The summed E-state index contributed by atoms with van der Waals surface area (Å²) in [6.45, 7) is -0.526. The first-order chi connectivity index (χ1) is 15.8. The van der Waals surface area contributed by atoms with Crippen molar-refractivity contribution in [3.05, 3.63) is 0 Å². The van der Waals surface area contributed by atoms with Crippen molar-refractivity contribution in [2.45, 2.75) is 93.7 Å². The molecule has 0 radical (unpaired) electrons. The molecule has 1 atom stereocenters. The largest absolute Gasteiger partial charge is 0.522 e. The van der Waals surface area contributed by atoms with E-state index in [2.05, 4.69) is 20.1 Å². The minimum absolute atomic E-state index is 0.0763. The molecule has 1 unspecified atom stereocenters. The average Bonchev–Trinajstić information content (AvgIpc) is 3.10. The first-order valence-corrected chi connectivity index (χ1v) is 11.1. The number of rotatable bonds is 10. The van der Waals surface area contributed by atoms with Crippen molar-refractivity contribution < 1.29 is 54.9 Å². The Kier molecular flexibility index (Phi) is 7.06. The molecular formula is C20H26F6N2O6. The molecule has 0 aromatic heterocycles. The number of ether oxygens (including phenoxy) is 4. The number of nitrogens with one attached hydrogen (secondary N) is 2. The molecule has 0 aromatic rings. The van der Waals surface area contributed by atoms with Crippen LogP contribution in [0, 0.1) is 5.92 Å². The summed E-state index contributed by atoms with van der Waals surface area (Å²) in [5.74, 6) is -0.539. The van der Waals surface area contributed by atoms with Crippen LogP contribution in [-0.4, -0.2) is 73.7 Å². The Morgan fingerprint density at radius 2 is 1.21 bits per heavy atom. The summed E-state index contributed by atoms with van der Waals surface area (Å²) in [5.41, 5.74) is -0.443. The molecule has 8 nitrogen and oxygen atoms in total. The Labute approximate surface area is 191 Å². The van der Waals surface area contributed by atoms with E-state index in [1.54, 1.807) is 0 Å². The fourth-order valence-electron chi connectivity index (χ4n) is 5.15.